The van der Waals surface area contributed by atoms with Gasteiger partial charge in [-0.2, -0.15) is 0 Å². The third kappa shape index (κ3) is 4.75. The second-order valence-electron chi connectivity index (χ2n) is 4.63. The van der Waals surface area contributed by atoms with E-state index in [1.54, 1.807) is 6.92 Å². The highest BCUT2D eigenvalue weighted by atomic mass is 16.3. The topological polar surface area (TPSA) is 52.5 Å². The second kappa shape index (κ2) is 5.99. The molecule has 16 heavy (non-hydrogen) atoms. The van der Waals surface area contributed by atoms with E-state index < -0.39 is 5.60 Å². The van der Waals surface area contributed by atoms with E-state index in [0.717, 1.165) is 6.42 Å². The van der Waals surface area contributed by atoms with Crippen LogP contribution in [-0.4, -0.2) is 35.0 Å². The lowest BCUT2D eigenvalue weighted by Crippen LogP contribution is -2.44. The van der Waals surface area contributed by atoms with E-state index in [4.69, 9.17) is 5.11 Å². The van der Waals surface area contributed by atoms with E-state index in [-0.39, 0.29) is 12.6 Å². The lowest BCUT2D eigenvalue weighted by molar-refractivity contribution is 0.00111. The van der Waals surface area contributed by atoms with E-state index in [2.05, 4.69) is 24.4 Å². The molecule has 0 aliphatic heterocycles. The summed E-state index contributed by atoms with van der Waals surface area (Å²) in [5.74, 6) is 0. The second-order valence-corrected chi connectivity index (χ2v) is 4.63. The monoisotopic (exact) mass is 223 g/mol. The molecule has 0 aliphatic carbocycles. The molecule has 0 aromatic heterocycles. The van der Waals surface area contributed by atoms with Crippen molar-refractivity contribution in [2.24, 2.45) is 0 Å². The fourth-order valence-corrected chi connectivity index (χ4v) is 1.49. The first-order valence-corrected chi connectivity index (χ1v) is 5.64. The minimum absolute atomic E-state index is 0.224. The summed E-state index contributed by atoms with van der Waals surface area (Å²) in [7, 11) is 0. The van der Waals surface area contributed by atoms with Crippen LogP contribution in [0.15, 0.2) is 30.3 Å². The fraction of sp³-hybridized carbons (Fsp3) is 0.538. The summed E-state index contributed by atoms with van der Waals surface area (Å²) < 4.78 is 0. The van der Waals surface area contributed by atoms with Gasteiger partial charge in [-0.1, -0.05) is 30.3 Å². The Hall–Kier alpha value is -0.900. The van der Waals surface area contributed by atoms with Crippen LogP contribution in [0.5, 0.6) is 0 Å². The number of benzene rings is 1. The Kier molecular flexibility index (Phi) is 4.93. The van der Waals surface area contributed by atoms with Gasteiger partial charge in [-0.05, 0) is 25.8 Å². The molecule has 0 saturated heterocycles. The molecule has 1 aromatic rings. The van der Waals surface area contributed by atoms with Crippen LogP contribution in [0.2, 0.25) is 0 Å². The molecule has 2 unspecified atom stereocenters. The highest BCUT2D eigenvalue weighted by molar-refractivity contribution is 5.15. The van der Waals surface area contributed by atoms with Gasteiger partial charge in [0.15, 0.2) is 0 Å². The van der Waals surface area contributed by atoms with Gasteiger partial charge in [0.2, 0.25) is 0 Å². The van der Waals surface area contributed by atoms with Crippen molar-refractivity contribution in [3.63, 3.8) is 0 Å². The molecule has 3 nitrogen and oxygen atoms in total. The largest absolute Gasteiger partial charge is 0.393 e. The summed E-state index contributed by atoms with van der Waals surface area (Å²) in [5, 5.41) is 21.7. The molecule has 1 aromatic carbocycles. The van der Waals surface area contributed by atoms with Crippen LogP contribution in [-0.2, 0) is 6.42 Å². The van der Waals surface area contributed by atoms with Crippen molar-refractivity contribution >= 4 is 0 Å². The van der Waals surface area contributed by atoms with E-state index in [1.165, 1.54) is 5.56 Å². The Labute approximate surface area is 97.1 Å². The number of hydrogen-bond acceptors (Lipinski definition) is 3. The van der Waals surface area contributed by atoms with Gasteiger partial charge in [0, 0.05) is 12.6 Å². The zero-order valence-electron chi connectivity index (χ0n) is 9.98. The lowest BCUT2D eigenvalue weighted by atomic mass is 10.1. The van der Waals surface area contributed by atoms with Crippen LogP contribution in [0.25, 0.3) is 0 Å². The molecule has 0 spiro atoms. The summed E-state index contributed by atoms with van der Waals surface area (Å²) in [6.07, 6.45) is 0.919. The molecule has 0 amide bonds. The Morgan fingerprint density at radius 3 is 2.50 bits per heavy atom. The van der Waals surface area contributed by atoms with Crippen molar-refractivity contribution in [3.05, 3.63) is 35.9 Å². The fourth-order valence-electron chi connectivity index (χ4n) is 1.49. The number of nitrogens with one attached hydrogen (secondary N) is 1. The Morgan fingerprint density at radius 1 is 1.31 bits per heavy atom. The third-order valence-corrected chi connectivity index (χ3v) is 2.56. The van der Waals surface area contributed by atoms with Gasteiger partial charge in [-0.15, -0.1) is 0 Å². The number of rotatable bonds is 6. The van der Waals surface area contributed by atoms with Gasteiger partial charge >= 0.3 is 0 Å². The van der Waals surface area contributed by atoms with Gasteiger partial charge < -0.3 is 15.5 Å². The van der Waals surface area contributed by atoms with E-state index >= 15 is 0 Å². The van der Waals surface area contributed by atoms with Gasteiger partial charge in [0.1, 0.15) is 0 Å². The van der Waals surface area contributed by atoms with Crippen LogP contribution >= 0.6 is 0 Å². The van der Waals surface area contributed by atoms with E-state index in [9.17, 15) is 5.11 Å². The highest BCUT2D eigenvalue weighted by Gasteiger charge is 2.19. The number of hydrogen-bond donors (Lipinski definition) is 3. The Balaban J connectivity index is 2.34. The predicted octanol–water partition coefficient (Wildman–Crippen LogP) is 0.950. The minimum atomic E-state index is -1.04. The molecule has 0 heterocycles. The average Bonchev–Trinajstić information content (AvgIpc) is 2.28. The van der Waals surface area contributed by atoms with Crippen LogP contribution in [0.4, 0.5) is 0 Å². The van der Waals surface area contributed by atoms with Gasteiger partial charge in [0.25, 0.3) is 0 Å². The normalized spacial score (nSPS) is 16.8. The summed E-state index contributed by atoms with van der Waals surface area (Å²) in [6.45, 7) is 3.87. The lowest BCUT2D eigenvalue weighted by Gasteiger charge is -2.23. The summed E-state index contributed by atoms with van der Waals surface area (Å²) in [6, 6.07) is 10.5. The SMILES string of the molecule is CC(Cc1ccccc1)NCC(C)(O)CO. The highest BCUT2D eigenvalue weighted by Crippen LogP contribution is 2.04. The first kappa shape index (κ1) is 13.2. The van der Waals surface area contributed by atoms with Crippen molar-refractivity contribution < 1.29 is 10.2 Å². The molecule has 3 heteroatoms. The van der Waals surface area contributed by atoms with Crippen LogP contribution in [0.3, 0.4) is 0 Å². The average molecular weight is 223 g/mol. The molecule has 1 rings (SSSR count). The molecule has 0 saturated carbocycles. The number of aliphatic hydroxyl groups is 2. The zero-order chi connectivity index (χ0) is 12.0. The van der Waals surface area contributed by atoms with Gasteiger partial charge in [0.05, 0.1) is 12.2 Å². The van der Waals surface area contributed by atoms with Crippen LogP contribution in [0.1, 0.15) is 19.4 Å². The van der Waals surface area contributed by atoms with Crippen LogP contribution < -0.4 is 5.32 Å². The maximum atomic E-state index is 9.63. The minimum Gasteiger partial charge on any atom is -0.393 e. The van der Waals surface area contributed by atoms with E-state index in [0.29, 0.717) is 6.54 Å². The van der Waals surface area contributed by atoms with Crippen molar-refractivity contribution in [2.45, 2.75) is 31.9 Å². The summed E-state index contributed by atoms with van der Waals surface area (Å²) >= 11 is 0. The smallest absolute Gasteiger partial charge is 0.0972 e. The zero-order valence-corrected chi connectivity index (χ0v) is 9.98. The van der Waals surface area contributed by atoms with E-state index in [1.807, 2.05) is 18.2 Å². The Bertz CT molecular complexity index is 298. The third-order valence-electron chi connectivity index (χ3n) is 2.56. The van der Waals surface area contributed by atoms with Gasteiger partial charge in [-0.25, -0.2) is 0 Å². The molecule has 0 aliphatic rings. The molecule has 0 bridgehead atoms. The quantitative estimate of drug-likeness (QED) is 0.673. The molecular weight excluding hydrogens is 202 g/mol. The van der Waals surface area contributed by atoms with Crippen molar-refractivity contribution in [3.8, 4) is 0 Å². The summed E-state index contributed by atoms with van der Waals surface area (Å²) in [4.78, 5) is 0. The summed E-state index contributed by atoms with van der Waals surface area (Å²) in [5.41, 5.74) is 0.233. The van der Waals surface area contributed by atoms with Crippen molar-refractivity contribution in [1.29, 1.82) is 0 Å². The molecule has 90 valence electrons. The van der Waals surface area contributed by atoms with Crippen molar-refractivity contribution in [1.82, 2.24) is 5.32 Å². The molecule has 0 fully saturated rings. The van der Waals surface area contributed by atoms with Gasteiger partial charge in [-0.3, -0.25) is 0 Å². The Morgan fingerprint density at radius 2 is 1.94 bits per heavy atom. The van der Waals surface area contributed by atoms with Crippen molar-refractivity contribution in [2.75, 3.05) is 13.2 Å². The first-order valence-electron chi connectivity index (χ1n) is 5.64. The maximum absolute atomic E-state index is 9.63. The standard InChI is InChI=1S/C13H21NO2/c1-11(14-9-13(2,16)10-15)8-12-6-4-3-5-7-12/h3-7,11,14-16H,8-10H2,1-2H3. The molecule has 3 N–H and O–H groups in total. The first-order chi connectivity index (χ1) is 7.53. The maximum Gasteiger partial charge on any atom is 0.0972 e. The number of aliphatic hydroxyl groups excluding tert-OH is 1. The molecule has 0 radical (unpaired) electrons. The molecule has 2 atom stereocenters. The molecular formula is C13H21NO2. The predicted molar refractivity (Wildman–Crippen MR) is 65.3 cm³/mol. The van der Waals surface area contributed by atoms with Crippen LogP contribution in [0, 0.1) is 0 Å².